The van der Waals surface area contributed by atoms with Gasteiger partial charge in [-0.25, -0.2) is 0 Å². The molecule has 0 radical (unpaired) electrons. The van der Waals surface area contributed by atoms with E-state index in [1.165, 1.54) is 11.1 Å². The molecule has 0 spiro atoms. The minimum absolute atomic E-state index is 0.402. The molecule has 0 saturated heterocycles. The Morgan fingerprint density at radius 1 is 1.26 bits per heavy atom. The highest BCUT2D eigenvalue weighted by atomic mass is 35.5. The van der Waals surface area contributed by atoms with Crippen molar-refractivity contribution in [2.75, 3.05) is 13.7 Å². The normalized spacial score (nSPS) is 12.8. The Balaban J connectivity index is 3.23. The largest absolute Gasteiger partial charge is 0.496 e. The highest BCUT2D eigenvalue weighted by Gasteiger charge is 2.19. The molecular formula is C16H26ClNO. The van der Waals surface area contributed by atoms with Crippen LogP contribution >= 0.6 is 11.6 Å². The smallest absolute Gasteiger partial charge is 0.125 e. The molecule has 0 amide bonds. The number of nitrogens with two attached hydrogens (primary N) is 1. The van der Waals surface area contributed by atoms with E-state index >= 15 is 0 Å². The second-order valence-corrected chi connectivity index (χ2v) is 5.74. The second-order valence-electron chi connectivity index (χ2n) is 5.31. The highest BCUT2D eigenvalue weighted by molar-refractivity contribution is 6.30. The predicted octanol–water partition coefficient (Wildman–Crippen LogP) is 4.70. The monoisotopic (exact) mass is 283 g/mol. The number of methoxy groups -OCH3 is 1. The maximum absolute atomic E-state index is 6.28. The van der Waals surface area contributed by atoms with E-state index in [2.05, 4.69) is 26.8 Å². The van der Waals surface area contributed by atoms with Crippen molar-refractivity contribution in [2.24, 2.45) is 5.73 Å². The third kappa shape index (κ3) is 4.12. The van der Waals surface area contributed by atoms with E-state index in [0.29, 0.717) is 11.8 Å². The van der Waals surface area contributed by atoms with Crippen LogP contribution < -0.4 is 10.5 Å². The lowest BCUT2D eigenvalue weighted by Gasteiger charge is -2.22. The van der Waals surface area contributed by atoms with Gasteiger partial charge < -0.3 is 10.5 Å². The Bertz CT molecular complexity index is 404. The molecule has 1 rings (SSSR count). The van der Waals surface area contributed by atoms with Gasteiger partial charge in [0.05, 0.1) is 7.11 Å². The number of hydrogen-bond acceptors (Lipinski definition) is 2. The zero-order chi connectivity index (χ0) is 14.4. The lowest BCUT2D eigenvalue weighted by atomic mass is 9.88. The molecule has 3 heteroatoms. The molecule has 1 unspecified atom stereocenters. The number of benzene rings is 1. The SMILES string of the molecule is CCC(CCCN)c1cc(Cl)cc(C(C)C)c1OC. The molecule has 108 valence electrons. The maximum atomic E-state index is 6.28. The summed E-state index contributed by atoms with van der Waals surface area (Å²) in [5.74, 6) is 1.87. The molecule has 1 atom stereocenters. The molecule has 0 bridgehead atoms. The van der Waals surface area contributed by atoms with Crippen molar-refractivity contribution < 1.29 is 4.74 Å². The summed E-state index contributed by atoms with van der Waals surface area (Å²) >= 11 is 6.28. The minimum Gasteiger partial charge on any atom is -0.496 e. The van der Waals surface area contributed by atoms with E-state index in [1.807, 2.05) is 6.07 Å². The number of halogens is 1. The van der Waals surface area contributed by atoms with Gasteiger partial charge in [-0.1, -0.05) is 32.4 Å². The van der Waals surface area contributed by atoms with Crippen LogP contribution in [0, 0.1) is 0 Å². The van der Waals surface area contributed by atoms with Crippen LogP contribution in [0.3, 0.4) is 0 Å². The third-order valence-electron chi connectivity index (χ3n) is 3.63. The molecular weight excluding hydrogens is 258 g/mol. The first-order valence-corrected chi connectivity index (χ1v) is 7.50. The summed E-state index contributed by atoms with van der Waals surface area (Å²) in [4.78, 5) is 0. The second kappa shape index (κ2) is 7.76. The quantitative estimate of drug-likeness (QED) is 0.787. The molecule has 2 nitrogen and oxygen atoms in total. The first-order chi connectivity index (χ1) is 9.04. The Labute approximate surface area is 122 Å². The predicted molar refractivity (Wildman–Crippen MR) is 83.4 cm³/mol. The zero-order valence-electron chi connectivity index (χ0n) is 12.5. The lowest BCUT2D eigenvalue weighted by Crippen LogP contribution is -2.07. The van der Waals surface area contributed by atoms with Crippen molar-refractivity contribution >= 4 is 11.6 Å². The van der Waals surface area contributed by atoms with E-state index < -0.39 is 0 Å². The molecule has 0 fully saturated rings. The van der Waals surface area contributed by atoms with E-state index in [0.717, 1.165) is 36.6 Å². The van der Waals surface area contributed by atoms with Gasteiger partial charge in [0.2, 0.25) is 0 Å². The van der Waals surface area contributed by atoms with Crippen LogP contribution in [0.15, 0.2) is 12.1 Å². The number of rotatable bonds is 7. The van der Waals surface area contributed by atoms with Gasteiger partial charge in [0.1, 0.15) is 5.75 Å². The standard InChI is InChI=1S/C16H26ClNO/c1-5-12(7-6-8-18)15-10-13(17)9-14(11(2)3)16(15)19-4/h9-12H,5-8,18H2,1-4H3. The van der Waals surface area contributed by atoms with Crippen LogP contribution in [0.4, 0.5) is 0 Å². The number of ether oxygens (including phenoxy) is 1. The van der Waals surface area contributed by atoms with Crippen LogP contribution in [-0.4, -0.2) is 13.7 Å². The van der Waals surface area contributed by atoms with Gasteiger partial charge in [-0.15, -0.1) is 0 Å². The molecule has 2 N–H and O–H groups in total. The van der Waals surface area contributed by atoms with Gasteiger partial charge in [0.15, 0.2) is 0 Å². The fourth-order valence-corrected chi connectivity index (χ4v) is 2.78. The average Bonchev–Trinajstić information content (AvgIpc) is 2.38. The van der Waals surface area contributed by atoms with E-state index in [4.69, 9.17) is 22.1 Å². The van der Waals surface area contributed by atoms with Crippen LogP contribution in [0.5, 0.6) is 5.75 Å². The van der Waals surface area contributed by atoms with Crippen molar-refractivity contribution in [2.45, 2.75) is 51.9 Å². The minimum atomic E-state index is 0.402. The van der Waals surface area contributed by atoms with Gasteiger partial charge in [-0.2, -0.15) is 0 Å². The summed E-state index contributed by atoms with van der Waals surface area (Å²) in [5, 5.41) is 0.797. The Morgan fingerprint density at radius 2 is 1.89 bits per heavy atom. The summed E-state index contributed by atoms with van der Waals surface area (Å²) in [6.07, 6.45) is 3.20. The van der Waals surface area contributed by atoms with Crippen LogP contribution in [0.25, 0.3) is 0 Å². The van der Waals surface area contributed by atoms with Crippen LogP contribution in [0.2, 0.25) is 5.02 Å². The fraction of sp³-hybridized carbons (Fsp3) is 0.625. The van der Waals surface area contributed by atoms with Crippen molar-refractivity contribution in [3.05, 3.63) is 28.3 Å². The van der Waals surface area contributed by atoms with E-state index in [-0.39, 0.29) is 0 Å². The van der Waals surface area contributed by atoms with E-state index in [9.17, 15) is 0 Å². The van der Waals surface area contributed by atoms with Gasteiger partial charge in [0.25, 0.3) is 0 Å². The molecule has 0 heterocycles. The van der Waals surface area contributed by atoms with Crippen molar-refractivity contribution in [1.29, 1.82) is 0 Å². The summed E-state index contributed by atoms with van der Waals surface area (Å²) in [6.45, 7) is 7.27. The fourth-order valence-electron chi connectivity index (χ4n) is 2.55. The van der Waals surface area contributed by atoms with Gasteiger partial charge in [-0.3, -0.25) is 0 Å². The first kappa shape index (κ1) is 16.3. The summed E-state index contributed by atoms with van der Waals surface area (Å²) < 4.78 is 5.67. The van der Waals surface area contributed by atoms with Crippen LogP contribution in [0.1, 0.15) is 63.0 Å². The molecule has 0 aliphatic carbocycles. The van der Waals surface area contributed by atoms with Gasteiger partial charge in [-0.05, 0) is 60.9 Å². The van der Waals surface area contributed by atoms with Crippen molar-refractivity contribution in [3.8, 4) is 5.75 Å². The van der Waals surface area contributed by atoms with Crippen LogP contribution in [-0.2, 0) is 0 Å². The topological polar surface area (TPSA) is 35.2 Å². The first-order valence-electron chi connectivity index (χ1n) is 7.12. The highest BCUT2D eigenvalue weighted by Crippen LogP contribution is 2.39. The van der Waals surface area contributed by atoms with Gasteiger partial charge in [0, 0.05) is 5.02 Å². The Hall–Kier alpha value is -0.730. The zero-order valence-corrected chi connectivity index (χ0v) is 13.3. The Morgan fingerprint density at radius 3 is 2.37 bits per heavy atom. The molecule has 0 aliphatic rings. The van der Waals surface area contributed by atoms with Gasteiger partial charge >= 0.3 is 0 Å². The summed E-state index contributed by atoms with van der Waals surface area (Å²) in [7, 11) is 1.74. The molecule has 1 aromatic rings. The molecule has 1 aromatic carbocycles. The molecule has 0 aromatic heterocycles. The third-order valence-corrected chi connectivity index (χ3v) is 3.84. The Kier molecular flexibility index (Phi) is 6.67. The number of hydrogen-bond donors (Lipinski definition) is 1. The lowest BCUT2D eigenvalue weighted by molar-refractivity contribution is 0.395. The average molecular weight is 284 g/mol. The van der Waals surface area contributed by atoms with E-state index in [1.54, 1.807) is 7.11 Å². The molecule has 0 aliphatic heterocycles. The molecule has 19 heavy (non-hydrogen) atoms. The summed E-state index contributed by atoms with van der Waals surface area (Å²) in [5.41, 5.74) is 8.05. The summed E-state index contributed by atoms with van der Waals surface area (Å²) in [6, 6.07) is 4.07. The maximum Gasteiger partial charge on any atom is 0.125 e. The van der Waals surface area contributed by atoms with Crippen molar-refractivity contribution in [1.82, 2.24) is 0 Å². The van der Waals surface area contributed by atoms with Crippen molar-refractivity contribution in [3.63, 3.8) is 0 Å². The molecule has 0 saturated carbocycles.